The molecule has 0 aliphatic carbocycles. The fraction of sp³-hybridized carbons (Fsp3) is 0.727. The van der Waals surface area contributed by atoms with Crippen molar-refractivity contribution in [2.24, 2.45) is 0 Å². The van der Waals surface area contributed by atoms with Crippen molar-refractivity contribution in [3.8, 4) is 5.75 Å². The number of fused-ring (bicyclic) bond motifs is 1. The number of rotatable bonds is 7. The summed E-state index contributed by atoms with van der Waals surface area (Å²) >= 11 is 0. The van der Waals surface area contributed by atoms with Crippen LogP contribution in [0.15, 0.2) is 24.3 Å². The fourth-order valence-electron chi connectivity index (χ4n) is 3.96. The van der Waals surface area contributed by atoms with Gasteiger partial charge in [0.2, 0.25) is 0 Å². The molecule has 0 spiro atoms. The summed E-state index contributed by atoms with van der Waals surface area (Å²) in [6.07, 6.45) is -0.679. The molecule has 3 saturated heterocycles. The second kappa shape index (κ2) is 8.13. The molecule has 7 heteroatoms. The SMILES string of the molecule is CCCOc1ccc(CO[C@H]2[C@H]3OC(C)(C)O[C@@H]3O[C@@H]2[C@@H]2COC(C)(C)O2)cc1. The molecular formula is C22H32O7. The van der Waals surface area contributed by atoms with Gasteiger partial charge in [0.15, 0.2) is 17.9 Å². The van der Waals surface area contributed by atoms with Crippen molar-refractivity contribution in [2.45, 2.75) is 89.9 Å². The van der Waals surface area contributed by atoms with Gasteiger partial charge in [0.05, 0.1) is 19.8 Å². The van der Waals surface area contributed by atoms with E-state index >= 15 is 0 Å². The maximum absolute atomic E-state index is 6.30. The van der Waals surface area contributed by atoms with E-state index in [0.717, 1.165) is 17.7 Å². The van der Waals surface area contributed by atoms with E-state index in [1.54, 1.807) is 0 Å². The highest BCUT2D eigenvalue weighted by Crippen LogP contribution is 2.42. The van der Waals surface area contributed by atoms with Gasteiger partial charge in [-0.25, -0.2) is 0 Å². The topological polar surface area (TPSA) is 64.6 Å². The van der Waals surface area contributed by atoms with E-state index in [1.807, 2.05) is 52.0 Å². The first-order valence-corrected chi connectivity index (χ1v) is 10.4. The average molecular weight is 408 g/mol. The Kier molecular flexibility index (Phi) is 5.90. The lowest BCUT2D eigenvalue weighted by atomic mass is 10.1. The second-order valence-electron chi connectivity index (χ2n) is 8.70. The molecule has 7 nitrogen and oxygen atoms in total. The van der Waals surface area contributed by atoms with Gasteiger partial charge in [-0.1, -0.05) is 19.1 Å². The van der Waals surface area contributed by atoms with E-state index in [2.05, 4.69) is 6.92 Å². The minimum absolute atomic E-state index is 0.235. The first-order valence-electron chi connectivity index (χ1n) is 10.4. The van der Waals surface area contributed by atoms with Crippen LogP contribution in [-0.4, -0.2) is 55.5 Å². The second-order valence-corrected chi connectivity index (χ2v) is 8.70. The number of hydrogen-bond acceptors (Lipinski definition) is 7. The first kappa shape index (κ1) is 21.0. The monoisotopic (exact) mass is 408 g/mol. The van der Waals surface area contributed by atoms with Crippen LogP contribution in [0.3, 0.4) is 0 Å². The Balaban J connectivity index is 1.43. The highest BCUT2D eigenvalue weighted by Gasteiger charge is 2.58. The van der Waals surface area contributed by atoms with Crippen LogP contribution in [0.5, 0.6) is 5.75 Å². The Labute approximate surface area is 172 Å². The Morgan fingerprint density at radius 2 is 1.72 bits per heavy atom. The molecule has 0 radical (unpaired) electrons. The first-order chi connectivity index (χ1) is 13.8. The van der Waals surface area contributed by atoms with E-state index in [-0.39, 0.29) is 24.4 Å². The molecular weight excluding hydrogens is 376 g/mol. The summed E-state index contributed by atoms with van der Waals surface area (Å²) in [6.45, 7) is 11.3. The molecule has 3 aliphatic rings. The van der Waals surface area contributed by atoms with Gasteiger partial charge in [-0.05, 0) is 51.8 Å². The van der Waals surface area contributed by atoms with Crippen molar-refractivity contribution in [1.82, 2.24) is 0 Å². The van der Waals surface area contributed by atoms with Gasteiger partial charge >= 0.3 is 0 Å². The summed E-state index contributed by atoms with van der Waals surface area (Å²) in [7, 11) is 0. The highest BCUT2D eigenvalue weighted by atomic mass is 16.8. The van der Waals surface area contributed by atoms with Gasteiger partial charge in [0.1, 0.15) is 30.2 Å². The van der Waals surface area contributed by atoms with Gasteiger partial charge in [-0.2, -0.15) is 0 Å². The Morgan fingerprint density at radius 3 is 2.38 bits per heavy atom. The third kappa shape index (κ3) is 4.76. The molecule has 3 heterocycles. The Morgan fingerprint density at radius 1 is 0.966 bits per heavy atom. The molecule has 1 aromatic rings. The molecule has 0 bridgehead atoms. The summed E-state index contributed by atoms with van der Waals surface area (Å²) in [4.78, 5) is 0. The maximum Gasteiger partial charge on any atom is 0.190 e. The molecule has 1 aromatic carbocycles. The molecule has 4 rings (SSSR count). The molecule has 0 N–H and O–H groups in total. The zero-order valence-corrected chi connectivity index (χ0v) is 17.9. The molecule has 0 unspecified atom stereocenters. The van der Waals surface area contributed by atoms with Crippen molar-refractivity contribution in [1.29, 1.82) is 0 Å². The van der Waals surface area contributed by atoms with Crippen molar-refractivity contribution in [2.75, 3.05) is 13.2 Å². The molecule has 3 aliphatic heterocycles. The van der Waals surface area contributed by atoms with Crippen LogP contribution in [-0.2, 0) is 35.0 Å². The molecule has 5 atom stereocenters. The third-order valence-electron chi connectivity index (χ3n) is 5.26. The number of ether oxygens (including phenoxy) is 7. The van der Waals surface area contributed by atoms with Gasteiger partial charge in [0, 0.05) is 0 Å². The zero-order valence-electron chi connectivity index (χ0n) is 17.9. The molecule has 0 aromatic heterocycles. The minimum Gasteiger partial charge on any atom is -0.494 e. The van der Waals surface area contributed by atoms with Gasteiger partial charge in [-0.15, -0.1) is 0 Å². The van der Waals surface area contributed by atoms with E-state index in [4.69, 9.17) is 33.2 Å². The largest absolute Gasteiger partial charge is 0.494 e. The summed E-state index contributed by atoms with van der Waals surface area (Å²) in [6, 6.07) is 7.96. The molecule has 0 amide bonds. The van der Waals surface area contributed by atoms with Crippen molar-refractivity contribution in [3.63, 3.8) is 0 Å². The van der Waals surface area contributed by atoms with E-state index in [0.29, 0.717) is 19.8 Å². The van der Waals surface area contributed by atoms with E-state index in [1.165, 1.54) is 0 Å². The van der Waals surface area contributed by atoms with Crippen LogP contribution in [0.1, 0.15) is 46.6 Å². The number of hydrogen-bond donors (Lipinski definition) is 0. The molecule has 29 heavy (non-hydrogen) atoms. The van der Waals surface area contributed by atoms with Crippen molar-refractivity contribution < 1.29 is 33.2 Å². The minimum atomic E-state index is -0.702. The normalized spacial score (nSPS) is 35.0. The molecule has 0 saturated carbocycles. The van der Waals surface area contributed by atoms with Crippen LogP contribution < -0.4 is 4.74 Å². The smallest absolute Gasteiger partial charge is 0.190 e. The van der Waals surface area contributed by atoms with Crippen molar-refractivity contribution in [3.05, 3.63) is 29.8 Å². The lowest BCUT2D eigenvalue weighted by Crippen LogP contribution is -2.44. The van der Waals surface area contributed by atoms with Crippen LogP contribution in [0.2, 0.25) is 0 Å². The predicted molar refractivity (Wildman–Crippen MR) is 104 cm³/mol. The third-order valence-corrected chi connectivity index (χ3v) is 5.26. The van der Waals surface area contributed by atoms with Gasteiger partial charge in [-0.3, -0.25) is 0 Å². The summed E-state index contributed by atoms with van der Waals surface area (Å²) < 4.78 is 41.9. The van der Waals surface area contributed by atoms with Crippen LogP contribution in [0.25, 0.3) is 0 Å². The van der Waals surface area contributed by atoms with Crippen LogP contribution in [0.4, 0.5) is 0 Å². The van der Waals surface area contributed by atoms with Gasteiger partial charge < -0.3 is 33.2 Å². The maximum atomic E-state index is 6.30. The fourth-order valence-corrected chi connectivity index (χ4v) is 3.96. The predicted octanol–water partition coefficient (Wildman–Crippen LogP) is 3.39. The van der Waals surface area contributed by atoms with Gasteiger partial charge in [0.25, 0.3) is 0 Å². The average Bonchev–Trinajstić information content (AvgIpc) is 3.28. The van der Waals surface area contributed by atoms with Crippen molar-refractivity contribution >= 4 is 0 Å². The Hall–Kier alpha value is -1.22. The van der Waals surface area contributed by atoms with E-state index in [9.17, 15) is 0 Å². The summed E-state index contributed by atoms with van der Waals surface area (Å²) in [5, 5.41) is 0. The van der Waals surface area contributed by atoms with Crippen LogP contribution >= 0.6 is 0 Å². The van der Waals surface area contributed by atoms with Crippen LogP contribution in [0, 0.1) is 0 Å². The van der Waals surface area contributed by atoms with E-state index < -0.39 is 17.9 Å². The summed E-state index contributed by atoms with van der Waals surface area (Å²) in [5.74, 6) is -0.469. The zero-order chi connectivity index (χ0) is 20.6. The lowest BCUT2D eigenvalue weighted by molar-refractivity contribution is -0.236. The highest BCUT2D eigenvalue weighted by molar-refractivity contribution is 5.26. The Bertz CT molecular complexity index is 687. The summed E-state index contributed by atoms with van der Waals surface area (Å²) in [5.41, 5.74) is 1.05. The standard InChI is InChI=1S/C22H32O7/c1-6-11-23-15-9-7-14(8-10-15)12-24-18-17(16-13-25-21(2,3)27-16)26-20-19(18)28-22(4,5)29-20/h7-10,16-20H,6,11-13H2,1-5H3/t16-,17+,18+,19+,20-/m0/s1. The lowest BCUT2D eigenvalue weighted by Gasteiger charge is -2.29. The molecule has 3 fully saturated rings. The quantitative estimate of drug-likeness (QED) is 0.685. The molecule has 162 valence electrons. The number of benzene rings is 1.